The molecule has 4 heteroatoms. The molecule has 0 aliphatic carbocycles. The standard InChI is InChI=1S/C16H16N2O2/c1-11-7-8-14-12(10-11)4-3-9-18(14)15-6-2-5-13(17-15)16(19)20/h2,5-8,10H,3-4,9H2,1H3,(H,19,20). The number of pyridine rings is 1. The van der Waals surface area contributed by atoms with E-state index in [0.29, 0.717) is 5.82 Å². The van der Waals surface area contributed by atoms with Crippen LogP contribution in [0, 0.1) is 6.92 Å². The van der Waals surface area contributed by atoms with Crippen LogP contribution in [0.5, 0.6) is 0 Å². The molecule has 4 nitrogen and oxygen atoms in total. The van der Waals surface area contributed by atoms with E-state index in [0.717, 1.165) is 25.1 Å². The molecule has 1 N–H and O–H groups in total. The average molecular weight is 268 g/mol. The summed E-state index contributed by atoms with van der Waals surface area (Å²) in [5.41, 5.74) is 3.77. The summed E-state index contributed by atoms with van der Waals surface area (Å²) in [7, 11) is 0. The van der Waals surface area contributed by atoms with Crippen molar-refractivity contribution < 1.29 is 9.90 Å². The van der Waals surface area contributed by atoms with Gasteiger partial charge in [0.25, 0.3) is 0 Å². The molecule has 1 aromatic heterocycles. The van der Waals surface area contributed by atoms with Crippen molar-refractivity contribution in [1.29, 1.82) is 0 Å². The normalized spacial score (nSPS) is 13.9. The van der Waals surface area contributed by atoms with Gasteiger partial charge >= 0.3 is 5.97 Å². The molecule has 20 heavy (non-hydrogen) atoms. The second-order valence-electron chi connectivity index (χ2n) is 5.07. The van der Waals surface area contributed by atoms with Gasteiger partial charge in [-0.25, -0.2) is 9.78 Å². The van der Waals surface area contributed by atoms with Gasteiger partial charge in [-0.3, -0.25) is 0 Å². The third-order valence-electron chi connectivity index (χ3n) is 3.58. The van der Waals surface area contributed by atoms with E-state index < -0.39 is 5.97 Å². The van der Waals surface area contributed by atoms with Crippen molar-refractivity contribution in [2.45, 2.75) is 19.8 Å². The van der Waals surface area contributed by atoms with Crippen LogP contribution in [0.1, 0.15) is 28.0 Å². The molecule has 2 heterocycles. The highest BCUT2D eigenvalue weighted by molar-refractivity contribution is 5.86. The van der Waals surface area contributed by atoms with Gasteiger partial charge in [-0.05, 0) is 43.5 Å². The summed E-state index contributed by atoms with van der Waals surface area (Å²) >= 11 is 0. The fourth-order valence-electron chi connectivity index (χ4n) is 2.66. The van der Waals surface area contributed by atoms with Gasteiger partial charge in [-0.15, -0.1) is 0 Å². The van der Waals surface area contributed by atoms with Crippen LogP contribution in [0.15, 0.2) is 36.4 Å². The largest absolute Gasteiger partial charge is 0.477 e. The van der Waals surface area contributed by atoms with Gasteiger partial charge in [-0.1, -0.05) is 23.8 Å². The van der Waals surface area contributed by atoms with Crippen molar-refractivity contribution in [1.82, 2.24) is 4.98 Å². The fourth-order valence-corrected chi connectivity index (χ4v) is 2.66. The first-order valence-electron chi connectivity index (χ1n) is 6.72. The zero-order chi connectivity index (χ0) is 14.1. The monoisotopic (exact) mass is 268 g/mol. The number of carboxylic acids is 1. The molecular formula is C16H16N2O2. The summed E-state index contributed by atoms with van der Waals surface area (Å²) in [6, 6.07) is 11.5. The van der Waals surface area contributed by atoms with Crippen LogP contribution in [0.25, 0.3) is 0 Å². The van der Waals surface area contributed by atoms with Crippen molar-refractivity contribution >= 4 is 17.5 Å². The zero-order valence-electron chi connectivity index (χ0n) is 11.3. The maximum atomic E-state index is 11.0. The number of aromatic nitrogens is 1. The lowest BCUT2D eigenvalue weighted by Crippen LogP contribution is -2.25. The number of fused-ring (bicyclic) bond motifs is 1. The Morgan fingerprint density at radius 2 is 2.15 bits per heavy atom. The lowest BCUT2D eigenvalue weighted by molar-refractivity contribution is 0.0690. The Kier molecular flexibility index (Phi) is 3.14. The summed E-state index contributed by atoms with van der Waals surface area (Å²) in [6.45, 7) is 2.95. The van der Waals surface area contributed by atoms with E-state index in [1.165, 1.54) is 17.2 Å². The van der Waals surface area contributed by atoms with Gasteiger partial charge in [-0.2, -0.15) is 0 Å². The quantitative estimate of drug-likeness (QED) is 0.909. The van der Waals surface area contributed by atoms with Crippen molar-refractivity contribution in [3.05, 3.63) is 53.2 Å². The van der Waals surface area contributed by atoms with Crippen molar-refractivity contribution in [2.24, 2.45) is 0 Å². The van der Waals surface area contributed by atoms with Crippen LogP contribution in [0.4, 0.5) is 11.5 Å². The number of aromatic carboxylic acids is 1. The molecule has 102 valence electrons. The maximum absolute atomic E-state index is 11.0. The van der Waals surface area contributed by atoms with E-state index in [-0.39, 0.29) is 5.69 Å². The number of hydrogen-bond acceptors (Lipinski definition) is 3. The number of anilines is 2. The number of benzene rings is 1. The van der Waals surface area contributed by atoms with Crippen LogP contribution in [0.3, 0.4) is 0 Å². The second kappa shape index (κ2) is 4.96. The minimum absolute atomic E-state index is 0.0849. The molecule has 0 unspecified atom stereocenters. The van der Waals surface area contributed by atoms with Crippen LogP contribution >= 0.6 is 0 Å². The van der Waals surface area contributed by atoms with E-state index in [4.69, 9.17) is 5.11 Å². The molecule has 0 amide bonds. The van der Waals surface area contributed by atoms with E-state index in [2.05, 4.69) is 35.0 Å². The Hall–Kier alpha value is -2.36. The van der Waals surface area contributed by atoms with Gasteiger partial charge < -0.3 is 10.0 Å². The first-order valence-corrected chi connectivity index (χ1v) is 6.72. The number of nitrogens with zero attached hydrogens (tertiary/aromatic N) is 2. The molecule has 1 aliphatic heterocycles. The van der Waals surface area contributed by atoms with Gasteiger partial charge in [0.15, 0.2) is 5.69 Å². The molecule has 1 aromatic carbocycles. The molecule has 3 rings (SSSR count). The molecule has 0 saturated carbocycles. The molecule has 0 atom stereocenters. The predicted octanol–water partition coefficient (Wildman–Crippen LogP) is 3.17. The topological polar surface area (TPSA) is 53.4 Å². The number of rotatable bonds is 2. The molecule has 0 radical (unpaired) electrons. The number of carboxylic acid groups (broad SMARTS) is 1. The Labute approximate surface area is 117 Å². The van der Waals surface area contributed by atoms with Crippen molar-refractivity contribution in [2.75, 3.05) is 11.4 Å². The third kappa shape index (κ3) is 2.25. The van der Waals surface area contributed by atoms with Crippen LogP contribution < -0.4 is 4.90 Å². The number of carbonyl (C=O) groups is 1. The van der Waals surface area contributed by atoms with Gasteiger partial charge in [0.2, 0.25) is 0 Å². The van der Waals surface area contributed by atoms with E-state index in [9.17, 15) is 4.79 Å². The predicted molar refractivity (Wildman–Crippen MR) is 77.7 cm³/mol. The highest BCUT2D eigenvalue weighted by atomic mass is 16.4. The van der Waals surface area contributed by atoms with Crippen molar-refractivity contribution in [3.63, 3.8) is 0 Å². The molecular weight excluding hydrogens is 252 g/mol. The first kappa shape index (κ1) is 12.7. The maximum Gasteiger partial charge on any atom is 0.354 e. The molecule has 0 bridgehead atoms. The first-order chi connectivity index (χ1) is 9.65. The van der Waals surface area contributed by atoms with Crippen LogP contribution in [-0.4, -0.2) is 22.6 Å². The van der Waals surface area contributed by atoms with E-state index in [1.54, 1.807) is 6.07 Å². The second-order valence-corrected chi connectivity index (χ2v) is 5.07. The summed E-state index contributed by atoms with van der Waals surface area (Å²) < 4.78 is 0. The van der Waals surface area contributed by atoms with E-state index >= 15 is 0 Å². The highest BCUT2D eigenvalue weighted by Gasteiger charge is 2.19. The Balaban J connectivity index is 2.04. The lowest BCUT2D eigenvalue weighted by atomic mass is 9.99. The Bertz CT molecular complexity index is 667. The number of aryl methyl sites for hydroxylation is 2. The summed E-state index contributed by atoms with van der Waals surface area (Å²) in [4.78, 5) is 17.4. The van der Waals surface area contributed by atoms with E-state index in [1.807, 2.05) is 6.07 Å². The van der Waals surface area contributed by atoms with Crippen LogP contribution in [-0.2, 0) is 6.42 Å². The Morgan fingerprint density at radius 3 is 2.95 bits per heavy atom. The zero-order valence-corrected chi connectivity index (χ0v) is 11.3. The molecule has 1 aliphatic rings. The molecule has 0 saturated heterocycles. The summed E-state index contributed by atoms with van der Waals surface area (Å²) in [6.07, 6.45) is 2.11. The molecule has 0 fully saturated rings. The lowest BCUT2D eigenvalue weighted by Gasteiger charge is -2.30. The molecule has 0 spiro atoms. The average Bonchev–Trinajstić information content (AvgIpc) is 2.46. The minimum Gasteiger partial charge on any atom is -0.477 e. The SMILES string of the molecule is Cc1ccc2c(c1)CCCN2c1cccc(C(=O)O)n1. The molecule has 2 aromatic rings. The van der Waals surface area contributed by atoms with Gasteiger partial charge in [0.05, 0.1) is 0 Å². The number of hydrogen-bond donors (Lipinski definition) is 1. The smallest absolute Gasteiger partial charge is 0.354 e. The van der Waals surface area contributed by atoms with Gasteiger partial charge in [0.1, 0.15) is 5.82 Å². The fraction of sp³-hybridized carbons (Fsp3) is 0.250. The summed E-state index contributed by atoms with van der Waals surface area (Å²) in [5.74, 6) is -0.289. The highest BCUT2D eigenvalue weighted by Crippen LogP contribution is 2.32. The Morgan fingerprint density at radius 1 is 1.30 bits per heavy atom. The van der Waals surface area contributed by atoms with Crippen LogP contribution in [0.2, 0.25) is 0 Å². The summed E-state index contributed by atoms with van der Waals surface area (Å²) in [5, 5.41) is 9.06. The van der Waals surface area contributed by atoms with Crippen molar-refractivity contribution in [3.8, 4) is 0 Å². The minimum atomic E-state index is -0.993. The van der Waals surface area contributed by atoms with Gasteiger partial charge in [0, 0.05) is 12.2 Å². The third-order valence-corrected chi connectivity index (χ3v) is 3.58.